The third-order valence-electron chi connectivity index (χ3n) is 8.14. The normalized spacial score (nSPS) is 15.8. The number of benzene rings is 3. The molecule has 1 aliphatic carbocycles. The summed E-state index contributed by atoms with van der Waals surface area (Å²) in [5.74, 6) is -1.10. The number of likely N-dealkylation sites (N-methyl/N-ethyl adjacent to an activating group) is 1. The molecule has 11 heteroatoms. The lowest BCUT2D eigenvalue weighted by molar-refractivity contribution is -0.137. The minimum atomic E-state index is -5.22. The second kappa shape index (κ2) is 15.5. The fourth-order valence-electron chi connectivity index (χ4n) is 5.36. The standard InChI is InChI=1S/C37H40F4N4O2S/c1-4-43(5-2)19-20-44(22-29-12-11-28(21-25(29)3)27-13-15-30(16-14-27)37(39,40)41)34(46)23-45-33-8-6-7-32(33)35(47)42-36(45)48-24-26-9-17-31(38)18-10-26/h9-18,21H,4-8,19-20,22-24H2,1-3H3/i11D,12D,13D,14D,15D,16D,21D,24D2. The van der Waals surface area contributed by atoms with E-state index in [0.717, 1.165) is 12.1 Å². The zero-order chi connectivity index (χ0) is 42.3. The first-order valence-electron chi connectivity index (χ1n) is 20.0. The first-order chi connectivity index (χ1) is 26.6. The van der Waals surface area contributed by atoms with Crippen molar-refractivity contribution in [1.82, 2.24) is 19.4 Å². The SMILES string of the molecule is [2H]c1c([2H])c(-c2c([2H])c([2H])c(C(F)(F)F)c([2H])c2[2H])c([2H])c(C)c1CN(CCN(CC)CC)C(=O)Cn1c(SC([2H])([2H])c2ccc(F)cc2)nc(=O)c2c1CCC2. The van der Waals surface area contributed by atoms with Gasteiger partial charge in [-0.3, -0.25) is 9.59 Å². The number of carbonyl (C=O) groups excluding carboxylic acids is 1. The molecule has 3 aromatic carbocycles. The van der Waals surface area contributed by atoms with Gasteiger partial charge in [0.15, 0.2) is 5.16 Å². The summed E-state index contributed by atoms with van der Waals surface area (Å²) in [6.45, 7) is 6.26. The third-order valence-corrected chi connectivity index (χ3v) is 8.97. The van der Waals surface area contributed by atoms with Crippen LogP contribution in [0.15, 0.2) is 76.5 Å². The van der Waals surface area contributed by atoms with Crippen molar-refractivity contribution < 1.29 is 34.7 Å². The molecular formula is C37H40F4N4O2S. The molecule has 0 saturated carbocycles. The van der Waals surface area contributed by atoms with Crippen LogP contribution in [0.25, 0.3) is 11.1 Å². The Bertz CT molecular complexity index is 2210. The topological polar surface area (TPSA) is 58.4 Å². The van der Waals surface area contributed by atoms with Gasteiger partial charge in [0.1, 0.15) is 12.4 Å². The van der Waals surface area contributed by atoms with Crippen LogP contribution >= 0.6 is 11.8 Å². The van der Waals surface area contributed by atoms with E-state index in [4.69, 9.17) is 12.3 Å². The van der Waals surface area contributed by atoms with Crippen LogP contribution in [-0.2, 0) is 42.6 Å². The van der Waals surface area contributed by atoms with Crippen molar-refractivity contribution in [1.29, 1.82) is 0 Å². The van der Waals surface area contributed by atoms with Crippen molar-refractivity contribution in [3.8, 4) is 11.1 Å². The van der Waals surface area contributed by atoms with Gasteiger partial charge in [0, 0.05) is 39.3 Å². The Balaban J connectivity index is 1.59. The summed E-state index contributed by atoms with van der Waals surface area (Å²) in [4.78, 5) is 35.2. The number of fused-ring (bicyclic) bond motifs is 1. The van der Waals surface area contributed by atoms with Gasteiger partial charge < -0.3 is 14.4 Å². The molecule has 0 aliphatic heterocycles. The second-order valence-electron chi connectivity index (χ2n) is 11.2. The Morgan fingerprint density at radius 1 is 1.02 bits per heavy atom. The van der Waals surface area contributed by atoms with Crippen LogP contribution < -0.4 is 5.56 Å². The van der Waals surface area contributed by atoms with Gasteiger partial charge in [-0.25, -0.2) is 4.39 Å². The molecule has 4 aromatic rings. The predicted octanol–water partition coefficient (Wildman–Crippen LogP) is 7.53. The van der Waals surface area contributed by atoms with Crippen LogP contribution in [0.2, 0.25) is 0 Å². The second-order valence-corrected chi connectivity index (χ2v) is 12.0. The minimum absolute atomic E-state index is 0.0260. The van der Waals surface area contributed by atoms with E-state index in [-0.39, 0.29) is 34.9 Å². The summed E-state index contributed by atoms with van der Waals surface area (Å²) in [5, 5.41) is -0.0768. The van der Waals surface area contributed by atoms with Crippen LogP contribution in [0.4, 0.5) is 17.6 Å². The average molecular weight is 690 g/mol. The highest BCUT2D eigenvalue weighted by molar-refractivity contribution is 7.98. The first-order valence-corrected chi connectivity index (χ1v) is 16.3. The van der Waals surface area contributed by atoms with E-state index in [2.05, 4.69) is 4.98 Å². The first kappa shape index (κ1) is 25.1. The molecule has 1 aromatic heterocycles. The smallest absolute Gasteiger partial charge is 0.336 e. The Labute approximate surface area is 295 Å². The maximum atomic E-state index is 14.5. The van der Waals surface area contributed by atoms with E-state index in [0.29, 0.717) is 61.9 Å². The Kier molecular flexibility index (Phi) is 8.10. The van der Waals surface area contributed by atoms with Gasteiger partial charge in [0.05, 0.1) is 15.2 Å². The van der Waals surface area contributed by atoms with Crippen LogP contribution in [0, 0.1) is 12.7 Å². The maximum Gasteiger partial charge on any atom is 0.416 e. The lowest BCUT2D eigenvalue weighted by atomic mass is 9.98. The summed E-state index contributed by atoms with van der Waals surface area (Å²) in [6.07, 6.45) is -3.80. The number of amides is 1. The highest BCUT2D eigenvalue weighted by atomic mass is 32.2. The molecule has 0 radical (unpaired) electrons. The number of hydrogen-bond donors (Lipinski definition) is 0. The molecule has 0 bridgehead atoms. The van der Waals surface area contributed by atoms with E-state index in [1.165, 1.54) is 28.5 Å². The summed E-state index contributed by atoms with van der Waals surface area (Å²) in [7, 11) is 0. The highest BCUT2D eigenvalue weighted by Crippen LogP contribution is 2.32. The Hall–Kier alpha value is -3.96. The molecule has 0 saturated heterocycles. The van der Waals surface area contributed by atoms with Gasteiger partial charge in [0.25, 0.3) is 5.56 Å². The van der Waals surface area contributed by atoms with Gasteiger partial charge in [0.2, 0.25) is 5.91 Å². The molecule has 0 N–H and O–H groups in total. The van der Waals surface area contributed by atoms with Crippen molar-refractivity contribution in [2.24, 2.45) is 0 Å². The minimum Gasteiger partial charge on any atom is -0.336 e. The Morgan fingerprint density at radius 2 is 1.71 bits per heavy atom. The molecule has 0 spiro atoms. The number of halogens is 4. The highest BCUT2D eigenvalue weighted by Gasteiger charge is 2.30. The van der Waals surface area contributed by atoms with E-state index in [9.17, 15) is 27.2 Å². The number of rotatable bonds is 13. The zero-order valence-corrected chi connectivity index (χ0v) is 27.5. The van der Waals surface area contributed by atoms with Crippen molar-refractivity contribution in [3.05, 3.63) is 116 Å². The fourth-order valence-corrected chi connectivity index (χ4v) is 6.12. The summed E-state index contributed by atoms with van der Waals surface area (Å²) in [5.41, 5.74) is -4.74. The van der Waals surface area contributed by atoms with E-state index in [1.54, 1.807) is 0 Å². The molecule has 5 rings (SSSR count). The van der Waals surface area contributed by atoms with Gasteiger partial charge in [-0.2, -0.15) is 18.2 Å². The van der Waals surface area contributed by atoms with Gasteiger partial charge >= 0.3 is 6.18 Å². The van der Waals surface area contributed by atoms with Crippen LogP contribution in [0.5, 0.6) is 0 Å². The lowest BCUT2D eigenvalue weighted by Gasteiger charge is -2.28. The van der Waals surface area contributed by atoms with Gasteiger partial charge in [-0.05, 0) is 91.3 Å². The van der Waals surface area contributed by atoms with Crippen LogP contribution in [0.1, 0.15) is 66.1 Å². The largest absolute Gasteiger partial charge is 0.416 e. The van der Waals surface area contributed by atoms with Crippen molar-refractivity contribution in [3.63, 3.8) is 0 Å². The predicted molar refractivity (Wildman–Crippen MR) is 181 cm³/mol. The quantitative estimate of drug-likeness (QED) is 0.0826. The molecule has 1 amide bonds. The number of nitrogens with zero attached hydrogens (tertiary/aromatic N) is 4. The molecule has 0 atom stereocenters. The van der Waals surface area contributed by atoms with Gasteiger partial charge in [-0.1, -0.05) is 68.0 Å². The molecule has 6 nitrogen and oxygen atoms in total. The molecular weight excluding hydrogens is 640 g/mol. The van der Waals surface area contributed by atoms with E-state index in [1.807, 2.05) is 18.7 Å². The van der Waals surface area contributed by atoms with Crippen molar-refractivity contribution in [2.75, 3.05) is 26.2 Å². The molecule has 254 valence electrons. The van der Waals surface area contributed by atoms with Crippen molar-refractivity contribution in [2.45, 2.75) is 70.2 Å². The summed E-state index contributed by atoms with van der Waals surface area (Å²) in [6, 6.07) is -2.06. The monoisotopic (exact) mass is 689 g/mol. The Morgan fingerprint density at radius 3 is 2.38 bits per heavy atom. The molecule has 0 unspecified atom stereocenters. The van der Waals surface area contributed by atoms with Crippen molar-refractivity contribution >= 4 is 17.7 Å². The zero-order valence-electron chi connectivity index (χ0n) is 35.7. The fraction of sp³-hybridized carbons (Fsp3) is 0.378. The number of aromatic nitrogens is 2. The number of alkyl halides is 3. The van der Waals surface area contributed by atoms with Crippen LogP contribution in [-0.4, -0.2) is 51.4 Å². The maximum absolute atomic E-state index is 14.5. The third kappa shape index (κ3) is 8.54. The lowest BCUT2D eigenvalue weighted by Crippen LogP contribution is -2.40. The van der Waals surface area contributed by atoms with E-state index >= 15 is 0 Å². The van der Waals surface area contributed by atoms with Gasteiger partial charge in [-0.15, -0.1) is 0 Å². The number of hydrogen-bond acceptors (Lipinski definition) is 5. The summed E-state index contributed by atoms with van der Waals surface area (Å²) >= 11 is 0.594. The number of thioether (sulfide) groups is 1. The van der Waals surface area contributed by atoms with Crippen LogP contribution in [0.3, 0.4) is 0 Å². The molecule has 0 fully saturated rings. The summed E-state index contributed by atoms with van der Waals surface area (Å²) < 4.78 is 133. The molecule has 1 aliphatic rings. The number of carbonyl (C=O) groups is 1. The molecule has 48 heavy (non-hydrogen) atoms. The average Bonchev–Trinajstić information content (AvgIpc) is 3.64. The molecule has 1 heterocycles. The van der Waals surface area contributed by atoms with E-state index < -0.39 is 94.7 Å².